The van der Waals surface area contributed by atoms with Crippen molar-refractivity contribution < 1.29 is 0 Å². The Labute approximate surface area is 106 Å². The second-order valence-corrected chi connectivity index (χ2v) is 7.18. The maximum atomic E-state index is 3.74. The van der Waals surface area contributed by atoms with Gasteiger partial charge >= 0.3 is 0 Å². The fourth-order valence-corrected chi connectivity index (χ4v) is 4.63. The first kappa shape index (κ1) is 11.2. The van der Waals surface area contributed by atoms with Crippen LogP contribution in [0, 0.1) is 5.92 Å². The summed E-state index contributed by atoms with van der Waals surface area (Å²) in [5, 5.41) is 2.17. The maximum absolute atomic E-state index is 3.74. The van der Waals surface area contributed by atoms with Crippen molar-refractivity contribution in [2.45, 2.75) is 36.9 Å². The number of hydrogen-bond acceptors (Lipinski definition) is 1. The van der Waals surface area contributed by atoms with E-state index in [1.807, 2.05) is 11.3 Å². The topological polar surface area (TPSA) is 0 Å². The summed E-state index contributed by atoms with van der Waals surface area (Å²) in [4.78, 5) is 2.29. The third kappa shape index (κ3) is 2.83. The Morgan fingerprint density at radius 1 is 1.43 bits per heavy atom. The highest BCUT2D eigenvalue weighted by atomic mass is 79.9. The van der Waals surface area contributed by atoms with Crippen molar-refractivity contribution >= 4 is 43.2 Å². The van der Waals surface area contributed by atoms with Gasteiger partial charge in [-0.3, -0.25) is 0 Å². The van der Waals surface area contributed by atoms with Crippen LogP contribution < -0.4 is 0 Å². The van der Waals surface area contributed by atoms with Gasteiger partial charge in [0.2, 0.25) is 0 Å². The van der Waals surface area contributed by atoms with E-state index in [9.17, 15) is 0 Å². The van der Waals surface area contributed by atoms with Crippen molar-refractivity contribution in [1.82, 2.24) is 0 Å². The summed E-state index contributed by atoms with van der Waals surface area (Å²) in [6.45, 7) is 0. The molecule has 78 valence electrons. The first-order chi connectivity index (χ1) is 6.75. The fourth-order valence-electron chi connectivity index (χ4n) is 2.14. The lowest BCUT2D eigenvalue weighted by molar-refractivity contribution is 0.369. The van der Waals surface area contributed by atoms with E-state index in [0.29, 0.717) is 0 Å². The van der Waals surface area contributed by atoms with Crippen LogP contribution in [0.2, 0.25) is 0 Å². The van der Waals surface area contributed by atoms with Crippen LogP contribution in [0.15, 0.2) is 15.9 Å². The summed E-state index contributed by atoms with van der Waals surface area (Å²) in [6.07, 6.45) is 6.78. The van der Waals surface area contributed by atoms with Crippen molar-refractivity contribution in [1.29, 1.82) is 0 Å². The molecule has 1 aliphatic carbocycles. The molecule has 0 aliphatic heterocycles. The average molecular weight is 338 g/mol. The van der Waals surface area contributed by atoms with Gasteiger partial charge in [-0.05, 0) is 52.6 Å². The quantitative estimate of drug-likeness (QED) is 0.665. The van der Waals surface area contributed by atoms with Crippen LogP contribution in [0.3, 0.4) is 0 Å². The summed E-state index contributed by atoms with van der Waals surface area (Å²) < 4.78 is 1.30. The molecule has 0 nitrogen and oxygen atoms in total. The molecule has 1 heterocycles. The third-order valence-corrected chi connectivity index (χ3v) is 5.66. The molecule has 2 unspecified atom stereocenters. The number of halogens is 2. The zero-order valence-electron chi connectivity index (χ0n) is 8.01. The predicted molar refractivity (Wildman–Crippen MR) is 70.4 cm³/mol. The summed E-state index contributed by atoms with van der Waals surface area (Å²) in [5.41, 5.74) is 0. The Morgan fingerprint density at radius 3 is 2.93 bits per heavy atom. The van der Waals surface area contributed by atoms with Crippen LogP contribution in [-0.4, -0.2) is 4.83 Å². The Morgan fingerprint density at radius 2 is 2.29 bits per heavy atom. The van der Waals surface area contributed by atoms with E-state index in [1.54, 1.807) is 0 Å². The van der Waals surface area contributed by atoms with Crippen molar-refractivity contribution in [2.24, 2.45) is 5.92 Å². The SMILES string of the molecule is Brc1ccsc1CC1CCCC(Br)C1. The van der Waals surface area contributed by atoms with Crippen LogP contribution in [-0.2, 0) is 6.42 Å². The molecule has 3 heteroatoms. The van der Waals surface area contributed by atoms with Gasteiger partial charge in [0.15, 0.2) is 0 Å². The van der Waals surface area contributed by atoms with Gasteiger partial charge in [0.25, 0.3) is 0 Å². The van der Waals surface area contributed by atoms with Crippen molar-refractivity contribution in [3.63, 3.8) is 0 Å². The van der Waals surface area contributed by atoms with Gasteiger partial charge in [0.05, 0.1) is 0 Å². The highest BCUT2D eigenvalue weighted by molar-refractivity contribution is 9.10. The van der Waals surface area contributed by atoms with Crippen molar-refractivity contribution in [3.05, 3.63) is 20.8 Å². The number of hydrogen-bond donors (Lipinski definition) is 0. The lowest BCUT2D eigenvalue weighted by atomic mass is 9.86. The first-order valence-electron chi connectivity index (χ1n) is 5.11. The van der Waals surface area contributed by atoms with E-state index < -0.39 is 0 Å². The first-order valence-corrected chi connectivity index (χ1v) is 7.70. The summed E-state index contributed by atoms with van der Waals surface area (Å²) >= 11 is 9.23. The van der Waals surface area contributed by atoms with Gasteiger partial charge in [-0.25, -0.2) is 0 Å². The van der Waals surface area contributed by atoms with Gasteiger partial charge < -0.3 is 0 Å². The van der Waals surface area contributed by atoms with Gasteiger partial charge in [-0.1, -0.05) is 28.8 Å². The summed E-state index contributed by atoms with van der Waals surface area (Å²) in [5.74, 6) is 0.892. The van der Waals surface area contributed by atoms with Crippen LogP contribution in [0.25, 0.3) is 0 Å². The smallest absolute Gasteiger partial charge is 0.0314 e. The van der Waals surface area contributed by atoms with Gasteiger partial charge in [-0.15, -0.1) is 11.3 Å². The highest BCUT2D eigenvalue weighted by Gasteiger charge is 2.21. The Kier molecular flexibility index (Phi) is 4.09. The Balaban J connectivity index is 1.94. The molecular weight excluding hydrogens is 324 g/mol. The maximum Gasteiger partial charge on any atom is 0.0314 e. The molecular formula is C11H14Br2S. The van der Waals surface area contributed by atoms with E-state index in [1.165, 1.54) is 41.5 Å². The predicted octanol–water partition coefficient (Wildman–Crippen LogP) is 5.01. The Hall–Kier alpha value is 0.660. The molecule has 2 rings (SSSR count). The molecule has 0 aromatic carbocycles. The molecule has 0 amide bonds. The normalized spacial score (nSPS) is 27.9. The van der Waals surface area contributed by atoms with Gasteiger partial charge in [-0.2, -0.15) is 0 Å². The van der Waals surface area contributed by atoms with Gasteiger partial charge in [0, 0.05) is 14.2 Å². The molecule has 1 fully saturated rings. The van der Waals surface area contributed by atoms with E-state index in [0.717, 1.165) is 10.7 Å². The second-order valence-electron chi connectivity index (χ2n) is 4.03. The number of rotatable bonds is 2. The minimum atomic E-state index is 0.764. The lowest BCUT2D eigenvalue weighted by Gasteiger charge is -2.25. The highest BCUT2D eigenvalue weighted by Crippen LogP contribution is 2.34. The molecule has 1 aromatic rings. The number of thiophene rings is 1. The molecule has 1 aliphatic rings. The molecule has 1 aromatic heterocycles. The minimum absolute atomic E-state index is 0.764. The van der Waals surface area contributed by atoms with E-state index in [4.69, 9.17) is 0 Å². The minimum Gasteiger partial charge on any atom is -0.148 e. The summed E-state index contributed by atoms with van der Waals surface area (Å²) in [6, 6.07) is 2.16. The zero-order valence-corrected chi connectivity index (χ0v) is 12.0. The molecule has 0 spiro atoms. The van der Waals surface area contributed by atoms with Crippen molar-refractivity contribution in [3.8, 4) is 0 Å². The van der Waals surface area contributed by atoms with Crippen LogP contribution >= 0.6 is 43.2 Å². The molecule has 0 radical (unpaired) electrons. The van der Waals surface area contributed by atoms with Crippen molar-refractivity contribution in [2.75, 3.05) is 0 Å². The largest absolute Gasteiger partial charge is 0.148 e. The average Bonchev–Trinajstić information content (AvgIpc) is 2.52. The standard InChI is InChI=1S/C11H14Br2S/c12-9-3-1-2-8(6-9)7-11-10(13)4-5-14-11/h4-5,8-9H,1-3,6-7H2. The monoisotopic (exact) mass is 336 g/mol. The van der Waals surface area contributed by atoms with Crippen LogP contribution in [0.1, 0.15) is 30.6 Å². The van der Waals surface area contributed by atoms with E-state index >= 15 is 0 Å². The molecule has 0 N–H and O–H groups in total. The second kappa shape index (κ2) is 5.13. The number of alkyl halides is 1. The van der Waals surface area contributed by atoms with Crippen LogP contribution in [0.4, 0.5) is 0 Å². The fraction of sp³-hybridized carbons (Fsp3) is 0.636. The van der Waals surface area contributed by atoms with Crippen LogP contribution in [0.5, 0.6) is 0 Å². The van der Waals surface area contributed by atoms with E-state index in [-0.39, 0.29) is 0 Å². The summed E-state index contributed by atoms with van der Waals surface area (Å²) in [7, 11) is 0. The molecule has 0 saturated heterocycles. The lowest BCUT2D eigenvalue weighted by Crippen LogP contribution is -2.16. The molecule has 0 bridgehead atoms. The third-order valence-electron chi connectivity index (χ3n) is 2.88. The Bertz CT molecular complexity index is 295. The molecule has 1 saturated carbocycles. The zero-order chi connectivity index (χ0) is 9.97. The molecule has 14 heavy (non-hydrogen) atoms. The van der Waals surface area contributed by atoms with Gasteiger partial charge in [0.1, 0.15) is 0 Å². The van der Waals surface area contributed by atoms with E-state index in [2.05, 4.69) is 43.3 Å². The molecule has 2 atom stereocenters.